The van der Waals surface area contributed by atoms with Gasteiger partial charge in [-0.3, -0.25) is 0 Å². The predicted molar refractivity (Wildman–Crippen MR) is 25.4 cm³/mol. The molecule has 6 N–H and O–H groups in total. The monoisotopic (exact) mass is 106 g/mol. The summed E-state index contributed by atoms with van der Waals surface area (Å²) in [4.78, 5) is 9.00. The van der Waals surface area contributed by atoms with E-state index >= 15 is 0 Å². The van der Waals surface area contributed by atoms with Crippen LogP contribution in [0.3, 0.4) is 0 Å². The van der Waals surface area contributed by atoms with E-state index in [0.29, 0.717) is 0 Å². The Morgan fingerprint density at radius 3 is 1.43 bits per heavy atom. The van der Waals surface area contributed by atoms with E-state index in [1.807, 2.05) is 0 Å². The van der Waals surface area contributed by atoms with Crippen molar-refractivity contribution in [3.8, 4) is 0 Å². The SMILES string of the molecule is NC(N)=O.OBO. The second-order valence-corrected chi connectivity index (χ2v) is 0.544. The fraction of sp³-hybridized carbons (Fsp3) is 0. The summed E-state index contributed by atoms with van der Waals surface area (Å²) in [5.74, 6) is 0. The second-order valence-electron chi connectivity index (χ2n) is 0.544. The molecular weight excluding hydrogens is 98.8 g/mol. The van der Waals surface area contributed by atoms with Crippen molar-refractivity contribution in [1.82, 2.24) is 0 Å². The van der Waals surface area contributed by atoms with E-state index in [4.69, 9.17) is 14.8 Å². The molecule has 0 saturated carbocycles. The summed E-state index contributed by atoms with van der Waals surface area (Å²) in [5.41, 5.74) is 8.50. The molecule has 5 nitrogen and oxygen atoms in total. The number of carbonyl (C=O) groups is 1. The first-order valence-corrected chi connectivity index (χ1v) is 1.41. The molecule has 0 aromatic carbocycles. The van der Waals surface area contributed by atoms with Crippen LogP contribution in [0.5, 0.6) is 0 Å². The zero-order valence-electron chi connectivity index (χ0n) is 3.66. The molecule has 7 heavy (non-hydrogen) atoms. The Labute approximate surface area is 41.2 Å². The molecule has 0 atom stereocenters. The number of hydrogen-bond donors (Lipinski definition) is 4. The third-order valence-corrected chi connectivity index (χ3v) is 0. The van der Waals surface area contributed by atoms with Crippen molar-refractivity contribution in [2.45, 2.75) is 0 Å². The van der Waals surface area contributed by atoms with Crippen molar-refractivity contribution < 1.29 is 14.8 Å². The molecule has 6 heteroatoms. The molecule has 0 aliphatic carbocycles. The Morgan fingerprint density at radius 2 is 1.43 bits per heavy atom. The molecule has 0 aromatic heterocycles. The van der Waals surface area contributed by atoms with Gasteiger partial charge in [-0.1, -0.05) is 0 Å². The zero-order valence-corrected chi connectivity index (χ0v) is 3.66. The average molecular weight is 106 g/mol. The predicted octanol–water partition coefficient (Wildman–Crippen LogP) is -2.74. The molecule has 2 amide bonds. The van der Waals surface area contributed by atoms with Crippen LogP contribution in [0.15, 0.2) is 0 Å². The molecule has 0 bridgehead atoms. The van der Waals surface area contributed by atoms with Crippen molar-refractivity contribution in [3.63, 3.8) is 0 Å². The van der Waals surface area contributed by atoms with Crippen LogP contribution in [0.4, 0.5) is 4.79 Å². The van der Waals surface area contributed by atoms with Gasteiger partial charge in [0, 0.05) is 0 Å². The Morgan fingerprint density at radius 1 is 1.43 bits per heavy atom. The second kappa shape index (κ2) is 8.98. The standard InChI is InChI=1S/CH4N2O.BH3O2/c2-1(3)4;2-1-3/h(H4,2,3,4);1-3H. The molecule has 0 rings (SSSR count). The van der Waals surface area contributed by atoms with Crippen molar-refractivity contribution >= 4 is 13.7 Å². The summed E-state index contributed by atoms with van der Waals surface area (Å²) >= 11 is 0. The molecule has 0 unspecified atom stereocenters. The maximum Gasteiger partial charge on any atom is 0.432 e. The molecular formula is CH7BN2O3. The first kappa shape index (κ1) is 9.54. The van der Waals surface area contributed by atoms with Gasteiger partial charge >= 0.3 is 13.7 Å². The van der Waals surface area contributed by atoms with E-state index in [1.165, 1.54) is 0 Å². The van der Waals surface area contributed by atoms with Gasteiger partial charge in [0.15, 0.2) is 0 Å². The van der Waals surface area contributed by atoms with Gasteiger partial charge in [-0.2, -0.15) is 0 Å². The topological polar surface area (TPSA) is 110 Å². The summed E-state index contributed by atoms with van der Waals surface area (Å²) in [6, 6.07) is -0.833. The van der Waals surface area contributed by atoms with E-state index in [2.05, 4.69) is 11.5 Å². The molecule has 0 aromatic rings. The van der Waals surface area contributed by atoms with E-state index in [9.17, 15) is 0 Å². The number of rotatable bonds is 0. The minimum atomic E-state index is -0.833. The van der Waals surface area contributed by atoms with Crippen LogP contribution < -0.4 is 11.5 Å². The van der Waals surface area contributed by atoms with Crippen molar-refractivity contribution in [1.29, 1.82) is 0 Å². The lowest BCUT2D eigenvalue weighted by atomic mass is 10.5. The quantitative estimate of drug-likeness (QED) is 0.251. The largest absolute Gasteiger partial charge is 0.432 e. The van der Waals surface area contributed by atoms with Gasteiger partial charge < -0.3 is 21.5 Å². The fourth-order valence-corrected chi connectivity index (χ4v) is 0. The van der Waals surface area contributed by atoms with Gasteiger partial charge in [-0.25, -0.2) is 4.79 Å². The molecule has 0 heterocycles. The van der Waals surface area contributed by atoms with Gasteiger partial charge in [-0.05, 0) is 0 Å². The lowest BCUT2D eigenvalue weighted by Crippen LogP contribution is -2.18. The highest BCUT2D eigenvalue weighted by atomic mass is 16.4. The van der Waals surface area contributed by atoms with Gasteiger partial charge in [-0.15, -0.1) is 0 Å². The van der Waals surface area contributed by atoms with Crippen molar-refractivity contribution in [2.75, 3.05) is 0 Å². The Bertz CT molecular complexity index is 44.2. The summed E-state index contributed by atoms with van der Waals surface area (Å²) in [6.07, 6.45) is 0. The van der Waals surface area contributed by atoms with E-state index in [0.717, 1.165) is 0 Å². The summed E-state index contributed by atoms with van der Waals surface area (Å²) in [5, 5.41) is 14.2. The lowest BCUT2D eigenvalue weighted by molar-refractivity contribution is 0.256. The smallest absolute Gasteiger partial charge is 0.430 e. The number of nitrogens with two attached hydrogens (primary N) is 2. The summed E-state index contributed by atoms with van der Waals surface area (Å²) < 4.78 is 0. The number of carbonyl (C=O) groups excluding carboxylic acids is 1. The molecule has 0 aliphatic heterocycles. The maximum absolute atomic E-state index is 9.00. The third kappa shape index (κ3) is 100. The first-order chi connectivity index (χ1) is 3.15. The van der Waals surface area contributed by atoms with Crippen LogP contribution in [0.25, 0.3) is 0 Å². The van der Waals surface area contributed by atoms with Gasteiger partial charge in [0.1, 0.15) is 0 Å². The molecule has 0 saturated heterocycles. The van der Waals surface area contributed by atoms with Crippen LogP contribution in [0.1, 0.15) is 0 Å². The minimum absolute atomic E-state index is 0.750. The normalized spacial score (nSPS) is 5.43. The molecule has 0 spiro atoms. The number of urea groups is 1. The number of primary amides is 2. The maximum atomic E-state index is 9.00. The van der Waals surface area contributed by atoms with Crippen molar-refractivity contribution in [3.05, 3.63) is 0 Å². The van der Waals surface area contributed by atoms with E-state index in [-0.39, 0.29) is 0 Å². The molecule has 0 aliphatic rings. The Kier molecular flexibility index (Phi) is 12.2. The average Bonchev–Trinajstić information content (AvgIpc) is 1.33. The van der Waals surface area contributed by atoms with E-state index in [1.54, 1.807) is 0 Å². The van der Waals surface area contributed by atoms with Crippen LogP contribution >= 0.6 is 0 Å². The molecule has 0 fully saturated rings. The van der Waals surface area contributed by atoms with Gasteiger partial charge in [0.2, 0.25) is 0 Å². The third-order valence-electron chi connectivity index (χ3n) is 0. The highest BCUT2D eigenvalue weighted by molar-refractivity contribution is 6.13. The van der Waals surface area contributed by atoms with E-state index < -0.39 is 13.7 Å². The van der Waals surface area contributed by atoms with Crippen LogP contribution in [0, 0.1) is 0 Å². The van der Waals surface area contributed by atoms with Crippen LogP contribution in [-0.4, -0.2) is 23.8 Å². The Balaban J connectivity index is 0. The molecule has 42 valence electrons. The summed E-state index contributed by atoms with van der Waals surface area (Å²) in [6.45, 7) is 0. The highest BCUT2D eigenvalue weighted by Crippen LogP contribution is 1.25. The Hall–Kier alpha value is -0.745. The van der Waals surface area contributed by atoms with Crippen molar-refractivity contribution in [2.24, 2.45) is 11.5 Å². The first-order valence-electron chi connectivity index (χ1n) is 1.41. The fourth-order valence-electron chi connectivity index (χ4n) is 0. The van der Waals surface area contributed by atoms with Gasteiger partial charge in [0.25, 0.3) is 0 Å². The van der Waals surface area contributed by atoms with Crippen LogP contribution in [0.2, 0.25) is 0 Å². The van der Waals surface area contributed by atoms with Gasteiger partial charge in [0.05, 0.1) is 0 Å². The highest BCUT2D eigenvalue weighted by Gasteiger charge is 1.60. The number of amides is 2. The zero-order chi connectivity index (χ0) is 6.28. The summed E-state index contributed by atoms with van der Waals surface area (Å²) in [7, 11) is -0.750. The van der Waals surface area contributed by atoms with Crippen LogP contribution in [-0.2, 0) is 0 Å². The molecule has 0 radical (unpaired) electrons. The number of hydrogen-bond acceptors (Lipinski definition) is 3. The lowest BCUT2D eigenvalue weighted by Gasteiger charge is -1.62. The minimum Gasteiger partial charge on any atom is -0.430 e.